The smallest absolute Gasteiger partial charge is 0.234 e. The Morgan fingerprint density at radius 3 is 2.89 bits per heavy atom. The van der Waals surface area contributed by atoms with Crippen molar-refractivity contribution < 1.29 is 13.6 Å². The van der Waals surface area contributed by atoms with Gasteiger partial charge in [-0.15, -0.1) is 10.2 Å². The van der Waals surface area contributed by atoms with Crippen LogP contribution < -0.4 is 5.32 Å². The average molecular weight is 397 g/mol. The van der Waals surface area contributed by atoms with Crippen molar-refractivity contribution in [2.75, 3.05) is 11.1 Å². The number of oxazole rings is 1. The Morgan fingerprint density at radius 2 is 2.07 bits per heavy atom. The molecule has 2 aromatic heterocycles. The number of amides is 1. The molecule has 0 aliphatic carbocycles. The molecule has 2 aromatic carbocycles. The normalized spacial score (nSPS) is 11.1. The molecule has 0 radical (unpaired) electrons. The van der Waals surface area contributed by atoms with Gasteiger partial charge in [-0.3, -0.25) is 4.79 Å². The van der Waals surface area contributed by atoms with E-state index >= 15 is 0 Å². The molecule has 7 nitrogen and oxygen atoms in total. The fourth-order valence-electron chi connectivity index (χ4n) is 2.77. The molecule has 0 saturated carbocycles. The van der Waals surface area contributed by atoms with E-state index in [9.17, 15) is 9.18 Å². The van der Waals surface area contributed by atoms with E-state index in [2.05, 4.69) is 20.5 Å². The van der Waals surface area contributed by atoms with Crippen LogP contribution in [0.3, 0.4) is 0 Å². The van der Waals surface area contributed by atoms with Gasteiger partial charge in [0.05, 0.1) is 11.3 Å². The van der Waals surface area contributed by atoms with Gasteiger partial charge in [0, 0.05) is 19.7 Å². The lowest BCUT2D eigenvalue weighted by atomic mass is 10.2. The van der Waals surface area contributed by atoms with E-state index in [0.717, 1.165) is 0 Å². The first-order chi connectivity index (χ1) is 13.5. The Bertz CT molecular complexity index is 1170. The zero-order valence-electron chi connectivity index (χ0n) is 15.1. The zero-order valence-corrected chi connectivity index (χ0v) is 16.0. The quantitative estimate of drug-likeness (QED) is 0.516. The van der Waals surface area contributed by atoms with Crippen LogP contribution in [0.5, 0.6) is 0 Å². The number of anilines is 1. The monoisotopic (exact) mass is 397 g/mol. The van der Waals surface area contributed by atoms with Gasteiger partial charge in [-0.25, -0.2) is 9.37 Å². The number of fused-ring (bicyclic) bond motifs is 1. The molecule has 2 heterocycles. The van der Waals surface area contributed by atoms with Crippen LogP contribution in [0.25, 0.3) is 22.5 Å². The average Bonchev–Trinajstić information content (AvgIpc) is 3.22. The summed E-state index contributed by atoms with van der Waals surface area (Å²) in [5.41, 5.74) is 2.36. The number of halogens is 1. The van der Waals surface area contributed by atoms with E-state index < -0.39 is 0 Å². The second-order valence-corrected chi connectivity index (χ2v) is 7.04. The minimum absolute atomic E-state index is 0.138. The summed E-state index contributed by atoms with van der Waals surface area (Å²) in [6.45, 7) is 1.77. The van der Waals surface area contributed by atoms with Gasteiger partial charge < -0.3 is 14.3 Å². The molecular formula is C19H16FN5O2S. The molecule has 0 bridgehead atoms. The van der Waals surface area contributed by atoms with E-state index in [0.29, 0.717) is 39.2 Å². The summed E-state index contributed by atoms with van der Waals surface area (Å²) >= 11 is 1.22. The highest BCUT2D eigenvalue weighted by Gasteiger charge is 2.15. The summed E-state index contributed by atoms with van der Waals surface area (Å²) in [5.74, 6) is 0.555. The van der Waals surface area contributed by atoms with Crippen molar-refractivity contribution in [2.45, 2.75) is 12.1 Å². The number of nitrogens with zero attached hydrogens (tertiary/aromatic N) is 4. The number of aryl methyl sites for hydroxylation is 1. The lowest BCUT2D eigenvalue weighted by molar-refractivity contribution is -0.113. The largest absolute Gasteiger partial charge is 0.441 e. The molecule has 0 atom stereocenters. The number of hydrogen-bond donors (Lipinski definition) is 1. The van der Waals surface area contributed by atoms with Gasteiger partial charge in [0.2, 0.25) is 5.91 Å². The Kier molecular flexibility index (Phi) is 4.82. The molecule has 0 fully saturated rings. The second kappa shape index (κ2) is 7.43. The molecule has 4 aromatic rings. The van der Waals surface area contributed by atoms with Gasteiger partial charge >= 0.3 is 0 Å². The van der Waals surface area contributed by atoms with Gasteiger partial charge in [0.25, 0.3) is 0 Å². The first-order valence-corrected chi connectivity index (χ1v) is 9.44. The third-order valence-corrected chi connectivity index (χ3v) is 5.08. The van der Waals surface area contributed by atoms with E-state index in [-0.39, 0.29) is 17.5 Å². The molecule has 9 heteroatoms. The highest BCUT2D eigenvalue weighted by molar-refractivity contribution is 7.99. The van der Waals surface area contributed by atoms with Crippen molar-refractivity contribution in [2.24, 2.45) is 7.05 Å². The molecule has 0 unspecified atom stereocenters. The van der Waals surface area contributed by atoms with E-state index in [1.54, 1.807) is 54.9 Å². The maximum absolute atomic E-state index is 14.0. The fourth-order valence-corrected chi connectivity index (χ4v) is 3.48. The Balaban J connectivity index is 1.42. The van der Waals surface area contributed by atoms with Crippen LogP contribution in [0.2, 0.25) is 0 Å². The van der Waals surface area contributed by atoms with Crippen LogP contribution in [0.4, 0.5) is 10.1 Å². The van der Waals surface area contributed by atoms with Crippen LogP contribution in [-0.4, -0.2) is 31.4 Å². The summed E-state index contributed by atoms with van der Waals surface area (Å²) < 4.78 is 21.1. The maximum atomic E-state index is 14.0. The lowest BCUT2D eigenvalue weighted by Gasteiger charge is -2.06. The van der Waals surface area contributed by atoms with E-state index in [4.69, 9.17) is 4.42 Å². The second-order valence-electron chi connectivity index (χ2n) is 6.10. The maximum Gasteiger partial charge on any atom is 0.234 e. The summed E-state index contributed by atoms with van der Waals surface area (Å²) in [4.78, 5) is 16.5. The molecule has 0 aliphatic rings. The van der Waals surface area contributed by atoms with Crippen LogP contribution in [-0.2, 0) is 11.8 Å². The van der Waals surface area contributed by atoms with E-state index in [1.807, 2.05) is 0 Å². The minimum Gasteiger partial charge on any atom is -0.441 e. The van der Waals surface area contributed by atoms with Gasteiger partial charge in [-0.1, -0.05) is 23.9 Å². The predicted octanol–water partition coefficient (Wildman–Crippen LogP) is 3.80. The molecule has 1 N–H and O–H groups in total. The minimum atomic E-state index is -0.370. The van der Waals surface area contributed by atoms with Crippen LogP contribution in [0, 0.1) is 12.7 Å². The van der Waals surface area contributed by atoms with Crippen molar-refractivity contribution in [3.63, 3.8) is 0 Å². The van der Waals surface area contributed by atoms with Gasteiger partial charge in [0.1, 0.15) is 11.3 Å². The van der Waals surface area contributed by atoms with Crippen molar-refractivity contribution in [3.05, 3.63) is 54.2 Å². The SMILES string of the molecule is Cc1nc2cc(NC(=O)CSc3nnc(-c4ccccc4F)n3C)ccc2o1. The number of hydrogen-bond acceptors (Lipinski definition) is 6. The summed E-state index contributed by atoms with van der Waals surface area (Å²) in [7, 11) is 1.74. The molecule has 142 valence electrons. The molecule has 4 rings (SSSR count). The Labute approximate surface area is 164 Å². The Hall–Kier alpha value is -3.20. The van der Waals surface area contributed by atoms with Crippen molar-refractivity contribution in [1.82, 2.24) is 19.7 Å². The number of aromatic nitrogens is 4. The third-order valence-electron chi connectivity index (χ3n) is 4.06. The molecule has 0 aliphatic heterocycles. The third kappa shape index (κ3) is 3.61. The lowest BCUT2D eigenvalue weighted by Crippen LogP contribution is -2.14. The summed E-state index contributed by atoms with van der Waals surface area (Å²) in [6, 6.07) is 11.6. The van der Waals surface area contributed by atoms with Gasteiger partial charge in [0.15, 0.2) is 22.5 Å². The van der Waals surface area contributed by atoms with Gasteiger partial charge in [-0.05, 0) is 30.3 Å². The van der Waals surface area contributed by atoms with Crippen LogP contribution in [0.15, 0.2) is 52.0 Å². The number of carbonyl (C=O) groups excluding carboxylic acids is 1. The first-order valence-electron chi connectivity index (χ1n) is 8.45. The first kappa shape index (κ1) is 18.2. The highest BCUT2D eigenvalue weighted by Crippen LogP contribution is 2.25. The molecule has 0 spiro atoms. The van der Waals surface area contributed by atoms with Gasteiger partial charge in [-0.2, -0.15) is 0 Å². The van der Waals surface area contributed by atoms with E-state index in [1.165, 1.54) is 17.8 Å². The topological polar surface area (TPSA) is 85.8 Å². The number of thioether (sulfide) groups is 1. The molecule has 1 amide bonds. The summed E-state index contributed by atoms with van der Waals surface area (Å²) in [6.07, 6.45) is 0. The van der Waals surface area contributed by atoms with Crippen LogP contribution in [0.1, 0.15) is 5.89 Å². The van der Waals surface area contributed by atoms with Crippen molar-refractivity contribution >= 4 is 34.5 Å². The molecular weight excluding hydrogens is 381 g/mol. The number of rotatable bonds is 5. The standard InChI is InChI=1S/C19H16FN5O2S/c1-11-21-15-9-12(7-8-16(15)27-11)22-17(26)10-28-19-24-23-18(25(19)2)13-5-3-4-6-14(13)20/h3-9H,10H2,1-2H3,(H,22,26). The fraction of sp³-hybridized carbons (Fsp3) is 0.158. The number of carbonyl (C=O) groups is 1. The number of nitrogens with one attached hydrogen (secondary N) is 1. The zero-order chi connectivity index (χ0) is 19.7. The Morgan fingerprint density at radius 1 is 1.25 bits per heavy atom. The summed E-state index contributed by atoms with van der Waals surface area (Å²) in [5, 5.41) is 11.5. The van der Waals surface area contributed by atoms with Crippen LogP contribution >= 0.6 is 11.8 Å². The molecule has 28 heavy (non-hydrogen) atoms. The van der Waals surface area contributed by atoms with Crippen molar-refractivity contribution in [3.8, 4) is 11.4 Å². The molecule has 0 saturated heterocycles. The predicted molar refractivity (Wildman–Crippen MR) is 104 cm³/mol. The van der Waals surface area contributed by atoms with Crippen molar-refractivity contribution in [1.29, 1.82) is 0 Å². The number of benzene rings is 2. The highest BCUT2D eigenvalue weighted by atomic mass is 32.2.